The first-order valence-corrected chi connectivity index (χ1v) is 8.95. The maximum Gasteiger partial charge on any atom is 0.243 e. The van der Waals surface area contributed by atoms with E-state index in [2.05, 4.69) is 0 Å². The molecule has 0 radical (unpaired) electrons. The van der Waals surface area contributed by atoms with Crippen molar-refractivity contribution in [3.63, 3.8) is 0 Å². The zero-order chi connectivity index (χ0) is 15.5. The fourth-order valence-corrected chi connectivity index (χ4v) is 5.04. The molecule has 0 saturated heterocycles. The lowest BCUT2D eigenvalue weighted by Gasteiger charge is -2.33. The second-order valence-electron chi connectivity index (χ2n) is 5.42. The van der Waals surface area contributed by atoms with E-state index in [1.807, 2.05) is 6.92 Å². The molecule has 0 amide bonds. The van der Waals surface area contributed by atoms with E-state index in [0.717, 1.165) is 32.1 Å². The van der Waals surface area contributed by atoms with Gasteiger partial charge in [-0.05, 0) is 25.0 Å². The van der Waals surface area contributed by atoms with Gasteiger partial charge in [0.1, 0.15) is 5.82 Å². The molecule has 1 aromatic rings. The molecule has 0 aliphatic heterocycles. The lowest BCUT2D eigenvalue weighted by Crippen LogP contribution is -2.41. The molecule has 0 bridgehead atoms. The molecule has 1 aliphatic rings. The summed E-state index contributed by atoms with van der Waals surface area (Å²) < 4.78 is 41.1. The van der Waals surface area contributed by atoms with Crippen molar-refractivity contribution in [2.45, 2.75) is 56.5 Å². The van der Waals surface area contributed by atoms with Crippen LogP contribution in [-0.4, -0.2) is 25.3 Å². The molecule has 0 atom stereocenters. The van der Waals surface area contributed by atoms with E-state index in [1.54, 1.807) is 0 Å². The van der Waals surface area contributed by atoms with Gasteiger partial charge in [-0.3, -0.25) is 0 Å². The van der Waals surface area contributed by atoms with Crippen molar-refractivity contribution < 1.29 is 12.8 Å². The van der Waals surface area contributed by atoms with E-state index in [9.17, 15) is 12.8 Å². The molecule has 4 nitrogen and oxygen atoms in total. The molecule has 0 unspecified atom stereocenters. The zero-order valence-electron chi connectivity index (χ0n) is 12.4. The van der Waals surface area contributed by atoms with Crippen molar-refractivity contribution in [1.82, 2.24) is 4.31 Å². The van der Waals surface area contributed by atoms with Crippen LogP contribution in [0.4, 0.5) is 4.39 Å². The Hall–Kier alpha value is -0.980. The number of nitrogens with zero attached hydrogens (tertiary/aromatic N) is 1. The Morgan fingerprint density at radius 3 is 2.52 bits per heavy atom. The maximum atomic E-state index is 13.8. The first kappa shape index (κ1) is 16.4. The predicted molar refractivity (Wildman–Crippen MR) is 80.7 cm³/mol. The van der Waals surface area contributed by atoms with Crippen molar-refractivity contribution in [3.8, 4) is 0 Å². The summed E-state index contributed by atoms with van der Waals surface area (Å²) in [5.41, 5.74) is 5.62. The monoisotopic (exact) mass is 314 g/mol. The number of hydrogen-bond donors (Lipinski definition) is 1. The summed E-state index contributed by atoms with van der Waals surface area (Å²) in [5.74, 6) is -0.557. The van der Waals surface area contributed by atoms with Gasteiger partial charge in [0.25, 0.3) is 0 Å². The SMILES string of the molecule is CCN(C1CCCCC1)S(=O)(=O)c1cccc(F)c1CN. The van der Waals surface area contributed by atoms with Gasteiger partial charge in [-0.15, -0.1) is 0 Å². The average Bonchev–Trinajstić information content (AvgIpc) is 2.48. The molecule has 1 saturated carbocycles. The number of nitrogens with two attached hydrogens (primary N) is 1. The van der Waals surface area contributed by atoms with Crippen molar-refractivity contribution >= 4 is 10.0 Å². The van der Waals surface area contributed by atoms with Gasteiger partial charge in [0, 0.05) is 24.7 Å². The van der Waals surface area contributed by atoms with Gasteiger partial charge in [-0.1, -0.05) is 32.3 Å². The Labute approximate surface area is 126 Å². The van der Waals surface area contributed by atoms with E-state index >= 15 is 0 Å². The lowest BCUT2D eigenvalue weighted by atomic mass is 9.95. The van der Waals surface area contributed by atoms with Crippen molar-refractivity contribution in [2.24, 2.45) is 5.73 Å². The van der Waals surface area contributed by atoms with Crippen LogP contribution in [0, 0.1) is 5.82 Å². The molecule has 2 N–H and O–H groups in total. The summed E-state index contributed by atoms with van der Waals surface area (Å²) in [6.45, 7) is 2.10. The third-order valence-corrected chi connectivity index (χ3v) is 6.27. The number of benzene rings is 1. The van der Waals surface area contributed by atoms with Crippen LogP contribution in [-0.2, 0) is 16.6 Å². The first-order chi connectivity index (χ1) is 10.0. The number of hydrogen-bond acceptors (Lipinski definition) is 3. The number of rotatable bonds is 5. The van der Waals surface area contributed by atoms with Crippen molar-refractivity contribution in [1.29, 1.82) is 0 Å². The van der Waals surface area contributed by atoms with Gasteiger partial charge in [0.05, 0.1) is 4.90 Å². The highest BCUT2D eigenvalue weighted by Gasteiger charge is 2.32. The minimum absolute atomic E-state index is 0.0115. The zero-order valence-corrected chi connectivity index (χ0v) is 13.2. The Morgan fingerprint density at radius 2 is 1.95 bits per heavy atom. The highest BCUT2D eigenvalue weighted by Crippen LogP contribution is 2.29. The maximum absolute atomic E-state index is 13.8. The molecule has 118 valence electrons. The molecule has 0 spiro atoms. The minimum Gasteiger partial charge on any atom is -0.326 e. The summed E-state index contributed by atoms with van der Waals surface area (Å²) >= 11 is 0. The lowest BCUT2D eigenvalue weighted by molar-refractivity contribution is 0.261. The predicted octanol–water partition coefficient (Wildman–Crippen LogP) is 2.63. The minimum atomic E-state index is -3.70. The quantitative estimate of drug-likeness (QED) is 0.908. The molecule has 1 aromatic carbocycles. The summed E-state index contributed by atoms with van der Waals surface area (Å²) in [6.07, 6.45) is 5.00. The molecular formula is C15H23FN2O2S. The molecule has 21 heavy (non-hydrogen) atoms. The van der Waals surface area contributed by atoms with E-state index < -0.39 is 15.8 Å². The summed E-state index contributed by atoms with van der Waals surface area (Å²) in [5, 5.41) is 0. The third-order valence-electron chi connectivity index (χ3n) is 4.16. The molecular weight excluding hydrogens is 291 g/mol. The standard InChI is InChI=1S/C15H23FN2O2S/c1-2-18(12-7-4-3-5-8-12)21(19,20)15-10-6-9-14(16)13(15)11-17/h6,9-10,12H,2-5,7-8,11,17H2,1H3. The normalized spacial score (nSPS) is 17.3. The second-order valence-corrected chi connectivity index (χ2v) is 7.28. The highest BCUT2D eigenvalue weighted by atomic mass is 32.2. The Kier molecular flexibility index (Phi) is 5.35. The number of halogens is 1. The van der Waals surface area contributed by atoms with Crippen LogP contribution in [0.3, 0.4) is 0 Å². The largest absolute Gasteiger partial charge is 0.326 e. The molecule has 0 heterocycles. The Bertz CT molecular complexity index is 583. The van der Waals surface area contributed by atoms with E-state index in [1.165, 1.54) is 22.5 Å². The van der Waals surface area contributed by atoms with Gasteiger partial charge in [0.2, 0.25) is 10.0 Å². The second kappa shape index (κ2) is 6.85. The Morgan fingerprint density at radius 1 is 1.29 bits per heavy atom. The van der Waals surface area contributed by atoms with Gasteiger partial charge in [-0.2, -0.15) is 4.31 Å². The first-order valence-electron chi connectivity index (χ1n) is 7.51. The van der Waals surface area contributed by atoms with Crippen LogP contribution in [0.1, 0.15) is 44.6 Å². The highest BCUT2D eigenvalue weighted by molar-refractivity contribution is 7.89. The molecule has 1 fully saturated rings. The van der Waals surface area contributed by atoms with Crippen molar-refractivity contribution in [3.05, 3.63) is 29.6 Å². The fourth-order valence-electron chi connectivity index (χ4n) is 3.10. The van der Waals surface area contributed by atoms with Crippen LogP contribution >= 0.6 is 0 Å². The van der Waals surface area contributed by atoms with E-state index in [-0.39, 0.29) is 23.0 Å². The van der Waals surface area contributed by atoms with Crippen LogP contribution in [0.25, 0.3) is 0 Å². The van der Waals surface area contributed by atoms with Gasteiger partial charge in [0.15, 0.2) is 0 Å². The van der Waals surface area contributed by atoms with Crippen LogP contribution in [0.2, 0.25) is 0 Å². The van der Waals surface area contributed by atoms with E-state index in [4.69, 9.17) is 5.73 Å². The summed E-state index contributed by atoms with van der Waals surface area (Å²) in [7, 11) is -3.70. The van der Waals surface area contributed by atoms with Crippen LogP contribution < -0.4 is 5.73 Å². The van der Waals surface area contributed by atoms with Crippen LogP contribution in [0.15, 0.2) is 23.1 Å². The Balaban J connectivity index is 2.42. The van der Waals surface area contributed by atoms with Gasteiger partial charge >= 0.3 is 0 Å². The topological polar surface area (TPSA) is 63.4 Å². The molecule has 2 rings (SSSR count). The number of sulfonamides is 1. The summed E-state index contributed by atoms with van der Waals surface area (Å²) in [4.78, 5) is 0.0115. The fraction of sp³-hybridized carbons (Fsp3) is 0.600. The van der Waals surface area contributed by atoms with Crippen LogP contribution in [0.5, 0.6) is 0 Å². The smallest absolute Gasteiger partial charge is 0.243 e. The van der Waals surface area contributed by atoms with Gasteiger partial charge < -0.3 is 5.73 Å². The third kappa shape index (κ3) is 3.27. The average molecular weight is 314 g/mol. The molecule has 1 aliphatic carbocycles. The van der Waals surface area contributed by atoms with Gasteiger partial charge in [-0.25, -0.2) is 12.8 Å². The summed E-state index contributed by atoms with van der Waals surface area (Å²) in [6, 6.07) is 4.14. The molecule has 0 aromatic heterocycles. The molecule has 6 heteroatoms. The van der Waals surface area contributed by atoms with Crippen molar-refractivity contribution in [2.75, 3.05) is 6.54 Å². The van der Waals surface area contributed by atoms with E-state index in [0.29, 0.717) is 6.54 Å².